The SMILES string of the molecule is COC(=O)c1nc(Br)cnc1N1CC(CN)CC1=O. The maximum Gasteiger partial charge on any atom is 0.360 e. The molecular formula is C11H13BrN4O3. The van der Waals surface area contributed by atoms with E-state index in [0.29, 0.717) is 24.1 Å². The van der Waals surface area contributed by atoms with Gasteiger partial charge >= 0.3 is 5.97 Å². The molecule has 0 aliphatic carbocycles. The number of anilines is 1. The largest absolute Gasteiger partial charge is 0.464 e. The second-order valence-electron chi connectivity index (χ2n) is 4.17. The van der Waals surface area contributed by atoms with Gasteiger partial charge < -0.3 is 10.5 Å². The van der Waals surface area contributed by atoms with E-state index >= 15 is 0 Å². The van der Waals surface area contributed by atoms with Crippen molar-refractivity contribution in [2.45, 2.75) is 6.42 Å². The number of aromatic nitrogens is 2. The fourth-order valence-electron chi connectivity index (χ4n) is 1.94. The molecule has 102 valence electrons. The number of nitrogens with two attached hydrogens (primary N) is 1. The Morgan fingerprint density at radius 2 is 2.42 bits per heavy atom. The second-order valence-corrected chi connectivity index (χ2v) is 4.98. The number of amides is 1. The van der Waals surface area contributed by atoms with Crippen LogP contribution in [0.5, 0.6) is 0 Å². The van der Waals surface area contributed by atoms with Crippen molar-refractivity contribution < 1.29 is 14.3 Å². The van der Waals surface area contributed by atoms with Crippen molar-refractivity contribution in [3.05, 3.63) is 16.5 Å². The number of methoxy groups -OCH3 is 1. The Morgan fingerprint density at radius 1 is 1.68 bits per heavy atom. The molecular weight excluding hydrogens is 316 g/mol. The Bertz CT molecular complexity index is 523. The van der Waals surface area contributed by atoms with Crippen LogP contribution in [0.15, 0.2) is 10.8 Å². The van der Waals surface area contributed by atoms with Crippen molar-refractivity contribution in [3.8, 4) is 0 Å². The van der Waals surface area contributed by atoms with Crippen molar-refractivity contribution in [3.63, 3.8) is 0 Å². The molecule has 0 spiro atoms. The van der Waals surface area contributed by atoms with E-state index < -0.39 is 5.97 Å². The van der Waals surface area contributed by atoms with Crippen LogP contribution in [0.2, 0.25) is 0 Å². The maximum absolute atomic E-state index is 11.9. The number of carbonyl (C=O) groups is 2. The van der Waals surface area contributed by atoms with Crippen LogP contribution in [0.4, 0.5) is 5.82 Å². The molecule has 1 aliphatic heterocycles. The summed E-state index contributed by atoms with van der Waals surface area (Å²) in [4.78, 5) is 33.2. The molecule has 1 amide bonds. The first-order chi connectivity index (χ1) is 9.06. The number of hydrogen-bond donors (Lipinski definition) is 1. The summed E-state index contributed by atoms with van der Waals surface area (Å²) in [6, 6.07) is 0. The van der Waals surface area contributed by atoms with Crippen LogP contribution < -0.4 is 10.6 Å². The lowest BCUT2D eigenvalue weighted by Gasteiger charge is -2.17. The number of nitrogens with zero attached hydrogens (tertiary/aromatic N) is 3. The highest BCUT2D eigenvalue weighted by atomic mass is 79.9. The molecule has 1 aromatic heterocycles. The topological polar surface area (TPSA) is 98.4 Å². The Labute approximate surface area is 118 Å². The predicted octanol–water partition coefficient (Wildman–Crippen LogP) is 0.337. The van der Waals surface area contributed by atoms with Crippen molar-refractivity contribution >= 4 is 33.6 Å². The molecule has 8 heteroatoms. The van der Waals surface area contributed by atoms with Gasteiger partial charge in [-0.15, -0.1) is 0 Å². The average Bonchev–Trinajstić information content (AvgIpc) is 2.79. The summed E-state index contributed by atoms with van der Waals surface area (Å²) in [5.41, 5.74) is 5.59. The summed E-state index contributed by atoms with van der Waals surface area (Å²) in [6.07, 6.45) is 1.79. The molecule has 0 bridgehead atoms. The first kappa shape index (κ1) is 13.9. The zero-order valence-electron chi connectivity index (χ0n) is 10.3. The lowest BCUT2D eigenvalue weighted by molar-refractivity contribution is -0.117. The van der Waals surface area contributed by atoms with Gasteiger partial charge in [-0.2, -0.15) is 0 Å². The molecule has 0 saturated carbocycles. The fraction of sp³-hybridized carbons (Fsp3) is 0.455. The summed E-state index contributed by atoms with van der Waals surface area (Å²) in [5.74, 6) is -0.454. The molecule has 19 heavy (non-hydrogen) atoms. The molecule has 1 fully saturated rings. The summed E-state index contributed by atoms with van der Waals surface area (Å²) < 4.78 is 5.06. The lowest BCUT2D eigenvalue weighted by atomic mass is 10.1. The highest BCUT2D eigenvalue weighted by Crippen LogP contribution is 2.26. The maximum atomic E-state index is 11.9. The van der Waals surface area contributed by atoms with E-state index in [1.165, 1.54) is 18.2 Å². The fourth-order valence-corrected chi connectivity index (χ4v) is 2.22. The van der Waals surface area contributed by atoms with Gasteiger partial charge in [0.15, 0.2) is 11.5 Å². The highest BCUT2D eigenvalue weighted by Gasteiger charge is 2.33. The quantitative estimate of drug-likeness (QED) is 0.803. The smallest absolute Gasteiger partial charge is 0.360 e. The highest BCUT2D eigenvalue weighted by molar-refractivity contribution is 9.10. The van der Waals surface area contributed by atoms with Gasteiger partial charge in [0, 0.05) is 13.0 Å². The van der Waals surface area contributed by atoms with E-state index in [4.69, 9.17) is 5.73 Å². The van der Waals surface area contributed by atoms with Crippen molar-refractivity contribution in [2.24, 2.45) is 11.7 Å². The molecule has 1 unspecified atom stereocenters. The van der Waals surface area contributed by atoms with Gasteiger partial charge in [-0.1, -0.05) is 0 Å². The van der Waals surface area contributed by atoms with Crippen molar-refractivity contribution in [1.29, 1.82) is 0 Å². The van der Waals surface area contributed by atoms with Crippen LogP contribution in [0.1, 0.15) is 16.9 Å². The monoisotopic (exact) mass is 328 g/mol. The normalized spacial score (nSPS) is 18.8. The molecule has 1 atom stereocenters. The van der Waals surface area contributed by atoms with E-state index in [2.05, 4.69) is 30.6 Å². The van der Waals surface area contributed by atoms with Crippen LogP contribution in [0.25, 0.3) is 0 Å². The number of esters is 1. The van der Waals surface area contributed by atoms with Gasteiger partial charge in [0.1, 0.15) is 4.60 Å². The summed E-state index contributed by atoms with van der Waals surface area (Å²) in [7, 11) is 1.25. The van der Waals surface area contributed by atoms with Crippen LogP contribution in [-0.2, 0) is 9.53 Å². The molecule has 7 nitrogen and oxygen atoms in total. The molecule has 1 aromatic rings. The van der Waals surface area contributed by atoms with Crippen LogP contribution in [0.3, 0.4) is 0 Å². The molecule has 0 radical (unpaired) electrons. The number of rotatable bonds is 3. The minimum absolute atomic E-state index is 0.0166. The molecule has 0 aromatic carbocycles. The Balaban J connectivity index is 2.39. The minimum atomic E-state index is -0.632. The number of hydrogen-bond acceptors (Lipinski definition) is 6. The summed E-state index contributed by atoms with van der Waals surface area (Å²) in [5, 5.41) is 0. The first-order valence-electron chi connectivity index (χ1n) is 5.68. The zero-order chi connectivity index (χ0) is 14.0. The molecule has 1 aliphatic rings. The predicted molar refractivity (Wildman–Crippen MR) is 70.6 cm³/mol. The molecule has 2 N–H and O–H groups in total. The summed E-state index contributed by atoms with van der Waals surface area (Å²) >= 11 is 3.14. The van der Waals surface area contributed by atoms with Gasteiger partial charge in [0.25, 0.3) is 0 Å². The van der Waals surface area contributed by atoms with Crippen molar-refractivity contribution in [2.75, 3.05) is 25.1 Å². The van der Waals surface area contributed by atoms with E-state index in [0.717, 1.165) is 0 Å². The van der Waals surface area contributed by atoms with Crippen LogP contribution in [0, 0.1) is 5.92 Å². The number of carbonyl (C=O) groups excluding carboxylic acids is 2. The lowest BCUT2D eigenvalue weighted by Crippen LogP contribution is -2.29. The van der Waals surface area contributed by atoms with Crippen molar-refractivity contribution in [1.82, 2.24) is 9.97 Å². The molecule has 2 heterocycles. The van der Waals surface area contributed by atoms with E-state index in [1.807, 2.05) is 0 Å². The summed E-state index contributed by atoms with van der Waals surface area (Å²) in [6.45, 7) is 0.857. The molecule has 2 rings (SSSR count). The number of halogens is 1. The minimum Gasteiger partial charge on any atom is -0.464 e. The van der Waals surface area contributed by atoms with Crippen LogP contribution >= 0.6 is 15.9 Å². The van der Waals surface area contributed by atoms with E-state index in [9.17, 15) is 9.59 Å². The number of ether oxygens (including phenoxy) is 1. The third kappa shape index (κ3) is 2.74. The first-order valence-corrected chi connectivity index (χ1v) is 6.47. The van der Waals surface area contributed by atoms with E-state index in [-0.39, 0.29) is 23.3 Å². The van der Waals surface area contributed by atoms with Gasteiger partial charge in [0.05, 0.1) is 13.3 Å². The Morgan fingerprint density at radius 3 is 3.00 bits per heavy atom. The van der Waals surface area contributed by atoms with Gasteiger partial charge in [0.2, 0.25) is 5.91 Å². The third-order valence-corrected chi connectivity index (χ3v) is 3.28. The van der Waals surface area contributed by atoms with E-state index in [1.54, 1.807) is 0 Å². The zero-order valence-corrected chi connectivity index (χ0v) is 11.9. The third-order valence-electron chi connectivity index (χ3n) is 2.90. The average molecular weight is 329 g/mol. The standard InChI is InChI=1S/C11H13BrN4O3/c1-19-11(18)9-10(14-4-7(12)15-9)16-5-6(3-13)2-8(16)17/h4,6H,2-3,5,13H2,1H3. The van der Waals surface area contributed by atoms with Gasteiger partial charge in [-0.25, -0.2) is 14.8 Å². The molecule has 1 saturated heterocycles. The second kappa shape index (κ2) is 5.62. The van der Waals surface area contributed by atoms with Gasteiger partial charge in [-0.05, 0) is 28.4 Å². The van der Waals surface area contributed by atoms with Gasteiger partial charge in [-0.3, -0.25) is 9.69 Å². The Hall–Kier alpha value is -1.54. The Kier molecular flexibility index (Phi) is 4.11. The van der Waals surface area contributed by atoms with Crippen LogP contribution in [-0.4, -0.2) is 42.0 Å².